The van der Waals surface area contributed by atoms with E-state index in [-0.39, 0.29) is 57.4 Å². The second-order valence-corrected chi connectivity index (χ2v) is 9.25. The van der Waals surface area contributed by atoms with Gasteiger partial charge in [0.1, 0.15) is 0 Å². The summed E-state index contributed by atoms with van der Waals surface area (Å²) in [5.41, 5.74) is 1.38. The number of esters is 1. The molecule has 0 N–H and O–H groups in total. The Morgan fingerprint density at radius 3 is 1.72 bits per heavy atom. The molecule has 0 amide bonds. The number of ether oxygens (including phenoxy) is 1. The molecule has 1 aromatic carbocycles. The minimum absolute atomic E-state index is 0. The van der Waals surface area contributed by atoms with E-state index in [0.717, 1.165) is 19.3 Å². The number of hydrogen-bond donors (Lipinski definition) is 0. The molecule has 179 valence electrons. The van der Waals surface area contributed by atoms with Crippen LogP contribution in [0.1, 0.15) is 141 Å². The summed E-state index contributed by atoms with van der Waals surface area (Å²) in [5.74, 6) is 0.496. The molecule has 1 rings (SSSR count). The monoisotopic (exact) mass is 469 g/mol. The zero-order chi connectivity index (χ0) is 22.4. The fraction of sp³-hybridized carbons (Fsp3) is 0.759. The number of hydrogen-bond acceptors (Lipinski definition) is 2. The van der Waals surface area contributed by atoms with Gasteiger partial charge in [-0.2, -0.15) is 0 Å². The van der Waals surface area contributed by atoms with Gasteiger partial charge in [-0.05, 0) is 30.7 Å². The largest absolute Gasteiger partial charge is 0.466 e. The molecule has 3 heteroatoms. The third kappa shape index (κ3) is 18.7. The molecule has 1 unspecified atom stereocenters. The van der Waals surface area contributed by atoms with Crippen molar-refractivity contribution in [3.8, 4) is 0 Å². The molecule has 0 spiro atoms. The van der Waals surface area contributed by atoms with Gasteiger partial charge in [0.05, 0.1) is 6.61 Å². The van der Waals surface area contributed by atoms with Gasteiger partial charge in [-0.3, -0.25) is 4.79 Å². The molecular weight excluding hydrogens is 419 g/mol. The molecule has 0 saturated heterocycles. The number of rotatable bonds is 21. The van der Waals surface area contributed by atoms with E-state index in [0.29, 0.717) is 18.9 Å². The van der Waals surface area contributed by atoms with E-state index in [1.807, 2.05) is 0 Å². The van der Waals surface area contributed by atoms with Gasteiger partial charge in [0.15, 0.2) is 0 Å². The van der Waals surface area contributed by atoms with Crippen molar-refractivity contribution in [3.63, 3.8) is 0 Å². The van der Waals surface area contributed by atoms with Crippen molar-refractivity contribution >= 4 is 57.4 Å². The molecule has 0 fully saturated rings. The zero-order valence-electron chi connectivity index (χ0n) is 21.7. The summed E-state index contributed by atoms with van der Waals surface area (Å²) >= 11 is 0. The van der Waals surface area contributed by atoms with Crippen molar-refractivity contribution in [2.24, 2.45) is 0 Å². The number of unbranched alkanes of at least 4 members (excludes halogenated alkanes) is 13. The Morgan fingerprint density at radius 2 is 1.19 bits per heavy atom. The first-order chi connectivity index (χ1) is 15.3. The van der Waals surface area contributed by atoms with Crippen LogP contribution in [0.5, 0.6) is 0 Å². The Bertz CT molecular complexity index is 517. The first-order valence-electron chi connectivity index (χ1n) is 13.5. The van der Waals surface area contributed by atoms with Crippen LogP contribution in [0.4, 0.5) is 0 Å². The predicted octanol–water partition coefficient (Wildman–Crippen LogP) is 8.99. The molecule has 0 saturated carbocycles. The predicted molar refractivity (Wildman–Crippen MR) is 140 cm³/mol. The summed E-state index contributed by atoms with van der Waals surface area (Å²) in [6.45, 7) is 5.07. The van der Waals surface area contributed by atoms with Crippen molar-refractivity contribution in [1.29, 1.82) is 0 Å². The third-order valence-corrected chi connectivity index (χ3v) is 6.39. The minimum Gasteiger partial charge on any atom is -0.466 e. The summed E-state index contributed by atoms with van der Waals surface area (Å²) in [6, 6.07) is 10.7. The zero-order valence-corrected chi connectivity index (χ0v) is 24.8. The van der Waals surface area contributed by atoms with Crippen LogP contribution in [0.15, 0.2) is 30.3 Å². The third-order valence-electron chi connectivity index (χ3n) is 6.39. The van der Waals surface area contributed by atoms with Gasteiger partial charge >= 0.3 is 5.97 Å². The fourth-order valence-electron chi connectivity index (χ4n) is 4.33. The van der Waals surface area contributed by atoms with Crippen LogP contribution in [0.25, 0.3) is 0 Å². The first kappa shape index (κ1) is 32.3. The number of benzene rings is 1. The average molecular weight is 470 g/mol. The van der Waals surface area contributed by atoms with Crippen molar-refractivity contribution in [2.45, 2.75) is 135 Å². The smallest absolute Gasteiger partial charge is 0.305 e. The normalized spacial score (nSPS) is 11.7. The van der Waals surface area contributed by atoms with E-state index < -0.39 is 0 Å². The van der Waals surface area contributed by atoms with Crippen molar-refractivity contribution in [3.05, 3.63) is 35.9 Å². The summed E-state index contributed by atoms with van der Waals surface area (Å²) in [4.78, 5) is 12.1. The molecule has 0 bridgehead atoms. The van der Waals surface area contributed by atoms with E-state index in [9.17, 15) is 4.79 Å². The van der Waals surface area contributed by atoms with Gasteiger partial charge in [-0.1, -0.05) is 134 Å². The molecule has 0 aliphatic carbocycles. The van der Waals surface area contributed by atoms with Gasteiger partial charge < -0.3 is 4.74 Å². The SMILES string of the molecule is CCCCCCCCCCCCCCCC(=O)OCCC(CCCC)c1ccccc1.[K]. The molecule has 0 aliphatic rings. The quantitative estimate of drug-likeness (QED) is 0.102. The van der Waals surface area contributed by atoms with Crippen LogP contribution < -0.4 is 0 Å². The molecular formula is C29H50KO2. The molecule has 32 heavy (non-hydrogen) atoms. The molecule has 0 aromatic heterocycles. The van der Waals surface area contributed by atoms with Gasteiger partial charge in [0, 0.05) is 57.8 Å². The number of carbonyl (C=O) groups is 1. The second-order valence-electron chi connectivity index (χ2n) is 9.25. The minimum atomic E-state index is -0.00891. The summed E-state index contributed by atoms with van der Waals surface area (Å²) in [7, 11) is 0. The van der Waals surface area contributed by atoms with E-state index in [4.69, 9.17) is 4.74 Å². The van der Waals surface area contributed by atoms with Crippen LogP contribution >= 0.6 is 0 Å². The fourth-order valence-corrected chi connectivity index (χ4v) is 4.33. The maximum Gasteiger partial charge on any atom is 0.305 e. The Morgan fingerprint density at radius 1 is 0.688 bits per heavy atom. The second kappa shape index (κ2) is 24.5. The van der Waals surface area contributed by atoms with Gasteiger partial charge in [0.25, 0.3) is 0 Å². The van der Waals surface area contributed by atoms with Crippen LogP contribution in [0.3, 0.4) is 0 Å². The van der Waals surface area contributed by atoms with E-state index in [1.165, 1.54) is 95.5 Å². The summed E-state index contributed by atoms with van der Waals surface area (Å²) in [5, 5.41) is 0. The molecule has 1 atom stereocenters. The topological polar surface area (TPSA) is 26.3 Å². The van der Waals surface area contributed by atoms with Crippen LogP contribution in [-0.4, -0.2) is 64.0 Å². The standard InChI is InChI=1S/C29H50O2.K/c1-3-5-7-8-9-10-11-12-13-14-15-16-20-24-29(30)31-26-25-28(21-6-4-2)27-22-18-17-19-23-27;/h17-19,22-23,28H,3-16,20-21,24-26H2,1-2H3;. The van der Waals surface area contributed by atoms with Crippen molar-refractivity contribution < 1.29 is 9.53 Å². The van der Waals surface area contributed by atoms with E-state index in [1.54, 1.807) is 0 Å². The molecule has 1 aromatic rings. The Labute approximate surface area is 242 Å². The molecule has 1 radical (unpaired) electrons. The van der Waals surface area contributed by atoms with Gasteiger partial charge in [-0.25, -0.2) is 0 Å². The van der Waals surface area contributed by atoms with Crippen LogP contribution in [-0.2, 0) is 9.53 Å². The average Bonchev–Trinajstić information content (AvgIpc) is 2.79. The summed E-state index contributed by atoms with van der Waals surface area (Å²) < 4.78 is 5.54. The van der Waals surface area contributed by atoms with Crippen LogP contribution in [0, 0.1) is 0 Å². The van der Waals surface area contributed by atoms with Crippen molar-refractivity contribution in [2.75, 3.05) is 6.61 Å². The number of carbonyl (C=O) groups excluding carboxylic acids is 1. The first-order valence-corrected chi connectivity index (χ1v) is 13.5. The maximum atomic E-state index is 12.1. The summed E-state index contributed by atoms with van der Waals surface area (Å²) in [6.07, 6.45) is 22.4. The molecule has 2 nitrogen and oxygen atoms in total. The van der Waals surface area contributed by atoms with Crippen molar-refractivity contribution in [1.82, 2.24) is 0 Å². The molecule has 0 aliphatic heterocycles. The maximum absolute atomic E-state index is 12.1. The Hall–Kier alpha value is 0.326. The van der Waals surface area contributed by atoms with E-state index in [2.05, 4.69) is 44.2 Å². The molecule has 0 heterocycles. The van der Waals surface area contributed by atoms with Gasteiger partial charge in [-0.15, -0.1) is 0 Å². The van der Waals surface area contributed by atoms with Gasteiger partial charge in [0.2, 0.25) is 0 Å². The Kier molecular flexibility index (Phi) is 24.7. The van der Waals surface area contributed by atoms with Crippen LogP contribution in [0.2, 0.25) is 0 Å². The Balaban J connectivity index is 0.00000961. The van der Waals surface area contributed by atoms with E-state index >= 15 is 0 Å².